The average molecular weight is 994 g/mol. The van der Waals surface area contributed by atoms with Crippen LogP contribution in [0, 0.1) is 0 Å². The zero-order valence-corrected chi connectivity index (χ0v) is 47.2. The summed E-state index contributed by atoms with van der Waals surface area (Å²) < 4.78 is 16.9. The third kappa shape index (κ3) is 57.9. The highest BCUT2D eigenvalue weighted by Gasteiger charge is 2.19. The van der Waals surface area contributed by atoms with Gasteiger partial charge in [0, 0.05) is 19.3 Å². The molecule has 0 heterocycles. The van der Waals surface area contributed by atoms with Gasteiger partial charge in [-0.05, 0) is 109 Å². The monoisotopic (exact) mass is 993 g/mol. The molecule has 0 amide bonds. The number of carbonyl (C=O) groups excluding carboxylic acids is 3. The molecule has 6 nitrogen and oxygen atoms in total. The molecule has 0 aromatic carbocycles. The summed E-state index contributed by atoms with van der Waals surface area (Å²) in [5.41, 5.74) is 0. The molecule has 0 bridgehead atoms. The van der Waals surface area contributed by atoms with Crippen molar-refractivity contribution in [3.63, 3.8) is 0 Å². The maximum Gasteiger partial charge on any atom is 0.306 e. The van der Waals surface area contributed by atoms with Crippen LogP contribution in [0.2, 0.25) is 0 Å². The average Bonchev–Trinajstić information content (AvgIpc) is 3.37. The number of hydrogen-bond donors (Lipinski definition) is 0. The molecule has 71 heavy (non-hydrogen) atoms. The lowest BCUT2D eigenvalue weighted by molar-refractivity contribution is -0.167. The third-order valence-corrected chi connectivity index (χ3v) is 13.5. The van der Waals surface area contributed by atoms with Crippen molar-refractivity contribution in [2.24, 2.45) is 0 Å². The summed E-state index contributed by atoms with van der Waals surface area (Å²) in [4.78, 5) is 38.3. The Morgan fingerprint density at radius 3 is 0.817 bits per heavy atom. The van der Waals surface area contributed by atoms with Crippen LogP contribution in [0.25, 0.3) is 0 Å². The van der Waals surface area contributed by atoms with E-state index in [0.717, 1.165) is 83.5 Å². The van der Waals surface area contributed by atoms with Gasteiger partial charge < -0.3 is 14.2 Å². The molecule has 0 aromatic rings. The first-order chi connectivity index (χ1) is 35.0. The summed E-state index contributed by atoms with van der Waals surface area (Å²) in [5.74, 6) is -0.886. The molecule has 412 valence electrons. The summed E-state index contributed by atoms with van der Waals surface area (Å²) in [6.45, 7) is 6.60. The van der Waals surface area contributed by atoms with Crippen LogP contribution in [0.3, 0.4) is 0 Å². The summed E-state index contributed by atoms with van der Waals surface area (Å²) in [6.07, 6.45) is 74.9. The molecule has 1 atom stereocenters. The standard InChI is InChI=1S/C65H116O6/c1-4-7-10-13-16-19-22-25-28-30-32-34-37-40-43-46-49-52-55-58-64(67)70-61-62(60-69-63(66)57-54-51-48-45-42-39-36-27-24-21-18-15-12-9-6-3)71-65(68)59-56-53-50-47-44-41-38-35-33-31-29-26-23-20-17-14-11-8-5-2/h16,18-19,21,25-29,36,62H,4-15,17,20,22-24,30-35,37-61H2,1-3H3/b19-16+,21-18+,28-25+,29-26+,36-27+/t62-/m1/s1. The Labute approximate surface area is 440 Å². The van der Waals surface area contributed by atoms with Gasteiger partial charge >= 0.3 is 17.9 Å². The fourth-order valence-electron chi connectivity index (χ4n) is 8.79. The molecule has 0 rings (SSSR count). The Morgan fingerprint density at radius 1 is 0.282 bits per heavy atom. The molecule has 0 unspecified atom stereocenters. The highest BCUT2D eigenvalue weighted by atomic mass is 16.6. The van der Waals surface area contributed by atoms with Crippen LogP contribution in [0.5, 0.6) is 0 Å². The van der Waals surface area contributed by atoms with E-state index in [2.05, 4.69) is 81.5 Å². The second-order valence-electron chi connectivity index (χ2n) is 20.6. The van der Waals surface area contributed by atoms with E-state index >= 15 is 0 Å². The van der Waals surface area contributed by atoms with Crippen LogP contribution >= 0.6 is 0 Å². The Hall–Kier alpha value is -2.89. The van der Waals surface area contributed by atoms with E-state index in [9.17, 15) is 14.4 Å². The number of ether oxygens (including phenoxy) is 3. The molecule has 0 aliphatic heterocycles. The minimum absolute atomic E-state index is 0.0804. The molecule has 0 aliphatic rings. The number of rotatable bonds is 56. The fraction of sp³-hybridized carbons (Fsp3) is 0.800. The Kier molecular flexibility index (Phi) is 57.2. The van der Waals surface area contributed by atoms with Gasteiger partial charge in [0.25, 0.3) is 0 Å². The maximum atomic E-state index is 12.9. The topological polar surface area (TPSA) is 78.9 Å². The molecular formula is C65H116O6. The van der Waals surface area contributed by atoms with Gasteiger partial charge in [-0.25, -0.2) is 0 Å². The zero-order valence-electron chi connectivity index (χ0n) is 47.2. The number of unbranched alkanes of at least 4 members (excludes halogenated alkanes) is 35. The van der Waals surface area contributed by atoms with Crippen molar-refractivity contribution in [3.05, 3.63) is 60.8 Å². The maximum absolute atomic E-state index is 12.9. The predicted octanol–water partition coefficient (Wildman–Crippen LogP) is 20.8. The van der Waals surface area contributed by atoms with Gasteiger partial charge in [-0.3, -0.25) is 14.4 Å². The van der Waals surface area contributed by atoms with E-state index in [4.69, 9.17) is 14.2 Å². The Bertz CT molecular complexity index is 1280. The summed E-state index contributed by atoms with van der Waals surface area (Å²) in [7, 11) is 0. The second kappa shape index (κ2) is 59.7. The first-order valence-electron chi connectivity index (χ1n) is 30.8. The summed E-state index contributed by atoms with van der Waals surface area (Å²) in [6, 6.07) is 0. The van der Waals surface area contributed by atoms with Crippen molar-refractivity contribution < 1.29 is 28.6 Å². The second-order valence-corrected chi connectivity index (χ2v) is 20.6. The van der Waals surface area contributed by atoms with Gasteiger partial charge in [0.2, 0.25) is 0 Å². The van der Waals surface area contributed by atoms with Crippen molar-refractivity contribution >= 4 is 17.9 Å². The largest absolute Gasteiger partial charge is 0.462 e. The Balaban J connectivity index is 4.38. The lowest BCUT2D eigenvalue weighted by atomic mass is 10.1. The first kappa shape index (κ1) is 68.1. The molecule has 0 N–H and O–H groups in total. The van der Waals surface area contributed by atoms with Crippen LogP contribution < -0.4 is 0 Å². The van der Waals surface area contributed by atoms with Crippen molar-refractivity contribution in [3.8, 4) is 0 Å². The van der Waals surface area contributed by atoms with Gasteiger partial charge in [0.05, 0.1) is 0 Å². The zero-order chi connectivity index (χ0) is 51.4. The van der Waals surface area contributed by atoms with Crippen molar-refractivity contribution in [1.82, 2.24) is 0 Å². The van der Waals surface area contributed by atoms with Crippen molar-refractivity contribution in [2.45, 2.75) is 322 Å². The molecule has 0 saturated heterocycles. The number of esters is 3. The molecule has 0 radical (unpaired) electrons. The fourth-order valence-corrected chi connectivity index (χ4v) is 8.79. The third-order valence-electron chi connectivity index (χ3n) is 13.5. The number of hydrogen-bond acceptors (Lipinski definition) is 6. The van der Waals surface area contributed by atoms with E-state index < -0.39 is 6.10 Å². The molecular weight excluding hydrogens is 877 g/mol. The minimum atomic E-state index is -0.783. The van der Waals surface area contributed by atoms with Crippen LogP contribution in [-0.4, -0.2) is 37.2 Å². The molecule has 0 spiro atoms. The van der Waals surface area contributed by atoms with E-state index in [1.165, 1.54) is 193 Å². The first-order valence-corrected chi connectivity index (χ1v) is 30.8. The van der Waals surface area contributed by atoms with Gasteiger partial charge in [-0.15, -0.1) is 0 Å². The normalized spacial score (nSPS) is 12.4. The lowest BCUT2D eigenvalue weighted by Gasteiger charge is -2.18. The number of carbonyl (C=O) groups is 3. The number of allylic oxidation sites excluding steroid dienone is 10. The highest BCUT2D eigenvalue weighted by molar-refractivity contribution is 5.71. The van der Waals surface area contributed by atoms with Crippen LogP contribution in [0.1, 0.15) is 316 Å². The van der Waals surface area contributed by atoms with Crippen LogP contribution in [0.4, 0.5) is 0 Å². The molecule has 0 aliphatic carbocycles. The minimum Gasteiger partial charge on any atom is -0.462 e. The van der Waals surface area contributed by atoms with Crippen molar-refractivity contribution in [1.29, 1.82) is 0 Å². The van der Waals surface area contributed by atoms with E-state index in [-0.39, 0.29) is 31.1 Å². The van der Waals surface area contributed by atoms with Gasteiger partial charge in [-0.2, -0.15) is 0 Å². The van der Waals surface area contributed by atoms with E-state index in [1.54, 1.807) is 0 Å². The molecule has 0 fully saturated rings. The predicted molar refractivity (Wildman–Crippen MR) is 307 cm³/mol. The molecule has 0 saturated carbocycles. The smallest absolute Gasteiger partial charge is 0.306 e. The van der Waals surface area contributed by atoms with Gasteiger partial charge in [0.1, 0.15) is 13.2 Å². The van der Waals surface area contributed by atoms with E-state index in [1.807, 2.05) is 0 Å². The quantitative estimate of drug-likeness (QED) is 0.0261. The lowest BCUT2D eigenvalue weighted by Crippen LogP contribution is -2.30. The van der Waals surface area contributed by atoms with Crippen LogP contribution in [0.15, 0.2) is 60.8 Å². The Morgan fingerprint density at radius 2 is 0.507 bits per heavy atom. The van der Waals surface area contributed by atoms with E-state index in [0.29, 0.717) is 19.3 Å². The van der Waals surface area contributed by atoms with Gasteiger partial charge in [-0.1, -0.05) is 248 Å². The summed E-state index contributed by atoms with van der Waals surface area (Å²) in [5, 5.41) is 0. The molecule has 0 aromatic heterocycles. The SMILES string of the molecule is CCCCC/C=C/C/C=C/CCCCCCCCCCCC(=O)OC[C@@H](COC(=O)CCCCCCC/C=C/C/C=C/CCCCC)OC(=O)CCCCCCCCCCC/C=C/CCCCCCCC. The van der Waals surface area contributed by atoms with Gasteiger partial charge in [0.15, 0.2) is 6.10 Å². The summed E-state index contributed by atoms with van der Waals surface area (Å²) >= 11 is 0. The molecule has 6 heteroatoms. The van der Waals surface area contributed by atoms with Crippen molar-refractivity contribution in [2.75, 3.05) is 13.2 Å². The van der Waals surface area contributed by atoms with Crippen LogP contribution in [-0.2, 0) is 28.6 Å². The highest BCUT2D eigenvalue weighted by Crippen LogP contribution is 2.16.